The number of aliphatic imine (C=N–C) groups is 1. The van der Waals surface area contributed by atoms with Crippen molar-refractivity contribution in [3.8, 4) is 5.82 Å². The van der Waals surface area contributed by atoms with Crippen molar-refractivity contribution in [1.29, 1.82) is 0 Å². The average Bonchev–Trinajstić information content (AvgIpc) is 2.93. The van der Waals surface area contributed by atoms with Gasteiger partial charge in [0.15, 0.2) is 11.2 Å². The second-order valence-electron chi connectivity index (χ2n) is 4.44. The van der Waals surface area contributed by atoms with Crippen LogP contribution in [0, 0.1) is 0 Å². The fourth-order valence-corrected chi connectivity index (χ4v) is 1.76. The molecule has 0 amide bonds. The molecule has 0 atom stereocenters. The van der Waals surface area contributed by atoms with Crippen LogP contribution < -0.4 is 17.0 Å². The van der Waals surface area contributed by atoms with Crippen LogP contribution in [0.4, 0.5) is 5.95 Å². The second kappa shape index (κ2) is 6.27. The molecule has 0 saturated carbocycles. The molecule has 3 heterocycles. The summed E-state index contributed by atoms with van der Waals surface area (Å²) in [7, 11) is 3.78. The first-order chi connectivity index (χ1) is 9.74. The molecule has 7 nitrogen and oxygen atoms in total. The van der Waals surface area contributed by atoms with Crippen molar-refractivity contribution in [2.45, 2.75) is 0 Å². The van der Waals surface area contributed by atoms with Crippen LogP contribution in [0.3, 0.4) is 0 Å². The van der Waals surface area contributed by atoms with Crippen molar-refractivity contribution in [3.63, 3.8) is 0 Å². The molecule has 3 aromatic rings. The van der Waals surface area contributed by atoms with Gasteiger partial charge in [0, 0.05) is 19.1 Å². The Morgan fingerprint density at radius 3 is 2.67 bits per heavy atom. The minimum absolute atomic E-state index is 0. The van der Waals surface area contributed by atoms with Crippen LogP contribution in [0.5, 0.6) is 0 Å². The molecule has 3 rings (SSSR count). The number of fused-ring (bicyclic) bond motifs is 1. The number of rotatable bonds is 3. The van der Waals surface area contributed by atoms with Gasteiger partial charge in [-0.3, -0.25) is 0 Å². The Hall–Kier alpha value is -2.54. The van der Waals surface area contributed by atoms with Crippen molar-refractivity contribution in [2.75, 3.05) is 14.1 Å². The predicted molar refractivity (Wildman–Crippen MR) is 75.1 cm³/mol. The molecule has 0 spiro atoms. The van der Waals surface area contributed by atoms with E-state index in [9.17, 15) is 0 Å². The van der Waals surface area contributed by atoms with Crippen molar-refractivity contribution < 1.29 is 17.0 Å². The highest BCUT2D eigenvalue weighted by molar-refractivity contribution is 5.77. The maximum Gasteiger partial charge on any atom is 0.368 e. The second-order valence-corrected chi connectivity index (χ2v) is 4.44. The van der Waals surface area contributed by atoms with Gasteiger partial charge in [0.1, 0.15) is 0 Å². The number of hydrogen-bond donors (Lipinski definition) is 1. The first kappa shape index (κ1) is 14.9. The van der Waals surface area contributed by atoms with E-state index in [0.29, 0.717) is 11.6 Å². The minimum atomic E-state index is 0. The Bertz CT molecular complexity index is 752. The Kier molecular flexibility index (Phi) is 4.44. The van der Waals surface area contributed by atoms with Crippen LogP contribution in [0.15, 0.2) is 41.9 Å². The molecule has 0 radical (unpaired) electrons. The van der Waals surface area contributed by atoms with E-state index >= 15 is 0 Å². The molecule has 0 aliphatic carbocycles. The van der Waals surface area contributed by atoms with Gasteiger partial charge < -0.3 is 22.3 Å². The molecule has 108 valence electrons. The molecule has 0 saturated heterocycles. The summed E-state index contributed by atoms with van der Waals surface area (Å²) in [6.07, 6.45) is 7.10. The highest BCUT2D eigenvalue weighted by Crippen LogP contribution is 2.15. The molecule has 1 N–H and O–H groups in total. The fourth-order valence-electron chi connectivity index (χ4n) is 1.76. The van der Waals surface area contributed by atoms with Crippen LogP contribution in [-0.2, 0) is 0 Å². The van der Waals surface area contributed by atoms with Crippen LogP contribution in [-0.4, -0.2) is 45.3 Å². The molecule has 3 aromatic heterocycles. The zero-order valence-corrected chi connectivity index (χ0v) is 12.4. The topological polar surface area (TPSA) is 73.9 Å². The molecule has 21 heavy (non-hydrogen) atoms. The third-order valence-corrected chi connectivity index (χ3v) is 2.62. The van der Waals surface area contributed by atoms with Gasteiger partial charge in [-0.1, -0.05) is 6.07 Å². The van der Waals surface area contributed by atoms with Gasteiger partial charge in [0.05, 0.1) is 25.1 Å². The summed E-state index contributed by atoms with van der Waals surface area (Å²) in [6, 6.07) is 5.83. The van der Waals surface area contributed by atoms with Gasteiger partial charge in [0.25, 0.3) is 0 Å². The normalized spacial score (nSPS) is 10.8. The Labute approximate surface area is 127 Å². The summed E-state index contributed by atoms with van der Waals surface area (Å²) in [5.74, 6) is 1.10. The quantitative estimate of drug-likeness (QED) is 0.340. The number of nitrogens with zero attached hydrogens (tertiary/aromatic N) is 6. The van der Waals surface area contributed by atoms with E-state index in [1.54, 1.807) is 12.7 Å². The number of hydrogen-bond acceptors (Lipinski definition) is 4. The number of aromatic amines is 1. The molecule has 0 fully saturated rings. The molecule has 0 aromatic carbocycles. The summed E-state index contributed by atoms with van der Waals surface area (Å²) in [5, 5.41) is 0. The zero-order valence-electron chi connectivity index (χ0n) is 11.6. The Morgan fingerprint density at radius 1 is 1.19 bits per heavy atom. The lowest BCUT2D eigenvalue weighted by atomic mass is 10.4. The largest absolute Gasteiger partial charge is 1.00 e. The summed E-state index contributed by atoms with van der Waals surface area (Å²) < 4.78 is 1.90. The lowest BCUT2D eigenvalue weighted by Crippen LogP contribution is -3.00. The third-order valence-electron chi connectivity index (χ3n) is 2.62. The van der Waals surface area contributed by atoms with E-state index in [4.69, 9.17) is 0 Å². The first-order valence-corrected chi connectivity index (χ1v) is 6.12. The fraction of sp³-hybridized carbons (Fsp3) is 0.154. The number of nitrogens with one attached hydrogen (secondary N) is 1. The van der Waals surface area contributed by atoms with E-state index in [-0.39, 0.29) is 12.4 Å². The number of pyridine rings is 1. The lowest BCUT2D eigenvalue weighted by Gasteiger charge is -2.00. The van der Waals surface area contributed by atoms with Gasteiger partial charge >= 0.3 is 11.8 Å². The van der Waals surface area contributed by atoms with E-state index < -0.39 is 0 Å². The lowest BCUT2D eigenvalue weighted by molar-refractivity contribution is -0.598. The van der Waals surface area contributed by atoms with Crippen LogP contribution in [0.2, 0.25) is 0 Å². The summed E-state index contributed by atoms with van der Waals surface area (Å²) in [6.45, 7) is 0. The number of H-pyrrole nitrogens is 1. The Balaban J connectivity index is 0.00000161. The minimum Gasteiger partial charge on any atom is -1.00 e. The standard InChI is InChI=1S/C13H14N7.ClH/c1-19(2)9-16-13-17-11-10(14-8-15-11)12(18-13)20-6-4-3-5-7-20;/h3-9H,1-2H3,(H,14,15,17,18);1H/q+1;/p-1/b16-9+;. The van der Waals surface area contributed by atoms with Gasteiger partial charge in [-0.15, -0.1) is 0 Å². The maximum absolute atomic E-state index is 4.47. The smallest absolute Gasteiger partial charge is 0.368 e. The van der Waals surface area contributed by atoms with Crippen molar-refractivity contribution in [2.24, 2.45) is 4.99 Å². The van der Waals surface area contributed by atoms with Gasteiger partial charge in [-0.25, -0.2) is 9.55 Å². The summed E-state index contributed by atoms with van der Waals surface area (Å²) in [5.41, 5.74) is 1.38. The monoisotopic (exact) mass is 303 g/mol. The highest BCUT2D eigenvalue weighted by Gasteiger charge is 2.19. The molecule has 0 bridgehead atoms. The highest BCUT2D eigenvalue weighted by atomic mass is 35.5. The molecule has 0 aliphatic heterocycles. The van der Waals surface area contributed by atoms with Crippen molar-refractivity contribution in [1.82, 2.24) is 24.8 Å². The van der Waals surface area contributed by atoms with Crippen LogP contribution >= 0.6 is 0 Å². The SMILES string of the molecule is CN(C)/C=N/c1nc(-[n+]2ccccc2)c2[nH]cnc2n1.[Cl-]. The van der Waals surface area contributed by atoms with Gasteiger partial charge in [-0.2, -0.15) is 9.98 Å². The summed E-state index contributed by atoms with van der Waals surface area (Å²) >= 11 is 0. The third kappa shape index (κ3) is 3.14. The van der Waals surface area contributed by atoms with Gasteiger partial charge in [-0.05, 0) is 12.1 Å². The van der Waals surface area contributed by atoms with E-state index in [1.165, 1.54) is 0 Å². The van der Waals surface area contributed by atoms with Crippen molar-refractivity contribution in [3.05, 3.63) is 36.9 Å². The molecule has 8 heteroatoms. The van der Waals surface area contributed by atoms with Crippen molar-refractivity contribution >= 4 is 23.5 Å². The van der Waals surface area contributed by atoms with Gasteiger partial charge in [0.2, 0.25) is 0 Å². The zero-order chi connectivity index (χ0) is 13.9. The van der Waals surface area contributed by atoms with Crippen LogP contribution in [0.1, 0.15) is 0 Å². The van der Waals surface area contributed by atoms with E-state index in [1.807, 2.05) is 54.2 Å². The average molecular weight is 304 g/mol. The molecule has 0 unspecified atom stereocenters. The maximum atomic E-state index is 4.47. The van der Waals surface area contributed by atoms with E-state index in [0.717, 1.165) is 11.3 Å². The van der Waals surface area contributed by atoms with E-state index in [2.05, 4.69) is 24.9 Å². The Morgan fingerprint density at radius 2 is 1.95 bits per heavy atom. The molecule has 0 aliphatic rings. The molecular weight excluding hydrogens is 290 g/mol. The summed E-state index contributed by atoms with van der Waals surface area (Å²) in [4.78, 5) is 22.1. The number of halogens is 1. The first-order valence-electron chi connectivity index (χ1n) is 6.12. The number of aromatic nitrogens is 5. The number of imidazole rings is 1. The van der Waals surface area contributed by atoms with Crippen LogP contribution in [0.25, 0.3) is 17.0 Å². The predicted octanol–water partition coefficient (Wildman–Crippen LogP) is -2.14. The molecular formula is C13H14ClN7.